The van der Waals surface area contributed by atoms with Gasteiger partial charge in [-0.1, -0.05) is 6.07 Å². The van der Waals surface area contributed by atoms with Crippen molar-refractivity contribution in [1.82, 2.24) is 0 Å². The molecular formula is C13H18N2O3. The third-order valence-electron chi connectivity index (χ3n) is 3.12. The Morgan fingerprint density at radius 1 is 1.39 bits per heavy atom. The third-order valence-corrected chi connectivity index (χ3v) is 3.12. The summed E-state index contributed by atoms with van der Waals surface area (Å²) in [5.74, 6) is -0.213. The lowest BCUT2D eigenvalue weighted by atomic mass is 10.1. The normalized spacial score (nSPS) is 19.6. The van der Waals surface area contributed by atoms with E-state index in [-0.39, 0.29) is 12.5 Å². The summed E-state index contributed by atoms with van der Waals surface area (Å²) in [6.45, 7) is 5.18. The van der Waals surface area contributed by atoms with E-state index in [0.29, 0.717) is 24.6 Å². The van der Waals surface area contributed by atoms with Crippen molar-refractivity contribution in [3.63, 3.8) is 0 Å². The highest BCUT2D eigenvalue weighted by molar-refractivity contribution is 5.98. The number of rotatable bonds is 2. The van der Waals surface area contributed by atoms with Gasteiger partial charge in [0.2, 0.25) is 0 Å². The van der Waals surface area contributed by atoms with Crippen molar-refractivity contribution in [2.45, 2.75) is 20.0 Å². The second kappa shape index (κ2) is 5.37. The Morgan fingerprint density at radius 3 is 2.83 bits per heavy atom. The highest BCUT2D eigenvalue weighted by Crippen LogP contribution is 2.26. The van der Waals surface area contributed by atoms with E-state index in [1.54, 1.807) is 6.07 Å². The summed E-state index contributed by atoms with van der Waals surface area (Å²) in [7, 11) is 0. The predicted octanol–water partition coefficient (Wildman–Crippen LogP) is 1.24. The lowest BCUT2D eigenvalue weighted by molar-refractivity contribution is -0.142. The SMILES string of the molecule is Cc1ccc(N)c(NC(=O)C2COCCO2)c1C. The Hall–Kier alpha value is -1.59. The molecule has 18 heavy (non-hydrogen) atoms. The molecule has 1 saturated heterocycles. The number of hydrogen-bond acceptors (Lipinski definition) is 4. The molecule has 5 heteroatoms. The van der Waals surface area contributed by atoms with Crippen molar-refractivity contribution in [3.8, 4) is 0 Å². The smallest absolute Gasteiger partial charge is 0.255 e. The number of carbonyl (C=O) groups is 1. The van der Waals surface area contributed by atoms with Crippen LogP contribution in [0.25, 0.3) is 0 Å². The van der Waals surface area contributed by atoms with Gasteiger partial charge in [0.1, 0.15) is 0 Å². The Bertz CT molecular complexity index is 454. The molecule has 1 aromatic rings. The van der Waals surface area contributed by atoms with Crippen LogP contribution in [0, 0.1) is 13.8 Å². The van der Waals surface area contributed by atoms with Gasteiger partial charge in [0.05, 0.1) is 31.2 Å². The quantitative estimate of drug-likeness (QED) is 0.774. The second-order valence-corrected chi connectivity index (χ2v) is 4.40. The Labute approximate surface area is 106 Å². The maximum Gasteiger partial charge on any atom is 0.255 e. The zero-order valence-electron chi connectivity index (χ0n) is 10.7. The molecule has 1 amide bonds. The lowest BCUT2D eigenvalue weighted by Gasteiger charge is -2.23. The summed E-state index contributed by atoms with van der Waals surface area (Å²) in [4.78, 5) is 12.0. The zero-order chi connectivity index (χ0) is 13.1. The van der Waals surface area contributed by atoms with E-state index in [1.807, 2.05) is 19.9 Å². The average molecular weight is 250 g/mol. The second-order valence-electron chi connectivity index (χ2n) is 4.40. The monoisotopic (exact) mass is 250 g/mol. The van der Waals surface area contributed by atoms with E-state index in [9.17, 15) is 4.79 Å². The highest BCUT2D eigenvalue weighted by Gasteiger charge is 2.23. The number of nitrogens with two attached hydrogens (primary N) is 1. The molecule has 5 nitrogen and oxygen atoms in total. The zero-order valence-corrected chi connectivity index (χ0v) is 10.7. The molecule has 0 aromatic heterocycles. The van der Waals surface area contributed by atoms with Crippen LogP contribution in [-0.4, -0.2) is 31.8 Å². The van der Waals surface area contributed by atoms with Crippen molar-refractivity contribution < 1.29 is 14.3 Å². The number of carbonyl (C=O) groups excluding carboxylic acids is 1. The van der Waals surface area contributed by atoms with E-state index >= 15 is 0 Å². The van der Waals surface area contributed by atoms with Crippen LogP contribution < -0.4 is 11.1 Å². The number of benzene rings is 1. The fraction of sp³-hybridized carbons (Fsp3) is 0.462. The van der Waals surface area contributed by atoms with E-state index in [4.69, 9.17) is 15.2 Å². The molecule has 0 spiro atoms. The molecule has 1 atom stereocenters. The van der Waals surface area contributed by atoms with E-state index in [0.717, 1.165) is 11.1 Å². The summed E-state index contributed by atoms with van der Waals surface area (Å²) in [5.41, 5.74) is 9.16. The molecule has 1 aromatic carbocycles. The van der Waals surface area contributed by atoms with Crippen molar-refractivity contribution in [3.05, 3.63) is 23.3 Å². The standard InChI is InChI=1S/C13H18N2O3/c1-8-3-4-10(14)12(9(8)2)15-13(16)11-7-17-5-6-18-11/h3-4,11H,5-7,14H2,1-2H3,(H,15,16). The first kappa shape index (κ1) is 12.9. The molecule has 0 radical (unpaired) electrons. The van der Waals surface area contributed by atoms with Crippen molar-refractivity contribution in [2.75, 3.05) is 30.9 Å². The minimum atomic E-state index is -0.557. The Kier molecular flexibility index (Phi) is 3.84. The molecule has 1 unspecified atom stereocenters. The Balaban J connectivity index is 2.13. The molecule has 1 aliphatic rings. The maximum absolute atomic E-state index is 12.0. The van der Waals surface area contributed by atoms with Crippen LogP contribution in [0.1, 0.15) is 11.1 Å². The first-order chi connectivity index (χ1) is 8.59. The maximum atomic E-state index is 12.0. The summed E-state index contributed by atoms with van der Waals surface area (Å²) in [6, 6.07) is 3.72. The summed E-state index contributed by atoms with van der Waals surface area (Å²) in [6.07, 6.45) is -0.557. The van der Waals surface area contributed by atoms with Gasteiger partial charge in [-0.3, -0.25) is 4.79 Å². The number of anilines is 2. The molecule has 3 N–H and O–H groups in total. The number of ether oxygens (including phenoxy) is 2. The topological polar surface area (TPSA) is 73.6 Å². The first-order valence-corrected chi connectivity index (χ1v) is 5.95. The molecule has 0 aliphatic carbocycles. The number of aryl methyl sites for hydroxylation is 1. The van der Waals surface area contributed by atoms with Crippen LogP contribution in [0.2, 0.25) is 0 Å². The van der Waals surface area contributed by atoms with Crippen molar-refractivity contribution >= 4 is 17.3 Å². The van der Waals surface area contributed by atoms with Gasteiger partial charge in [-0.25, -0.2) is 0 Å². The summed E-state index contributed by atoms with van der Waals surface area (Å²) >= 11 is 0. The molecule has 1 aliphatic heterocycles. The predicted molar refractivity (Wildman–Crippen MR) is 69.5 cm³/mol. The summed E-state index contributed by atoms with van der Waals surface area (Å²) < 4.78 is 10.6. The van der Waals surface area contributed by atoms with Crippen molar-refractivity contribution in [2.24, 2.45) is 0 Å². The minimum absolute atomic E-state index is 0.213. The number of amides is 1. The molecule has 0 saturated carbocycles. The molecule has 0 bridgehead atoms. The molecular weight excluding hydrogens is 232 g/mol. The van der Waals surface area contributed by atoms with Crippen molar-refractivity contribution in [1.29, 1.82) is 0 Å². The van der Waals surface area contributed by atoms with Gasteiger partial charge < -0.3 is 20.5 Å². The molecule has 1 fully saturated rings. The molecule has 2 rings (SSSR count). The van der Waals surface area contributed by atoms with Gasteiger partial charge >= 0.3 is 0 Å². The fourth-order valence-corrected chi connectivity index (χ4v) is 1.85. The molecule has 1 heterocycles. The van der Waals surface area contributed by atoms with Crippen LogP contribution in [0.4, 0.5) is 11.4 Å². The summed E-state index contributed by atoms with van der Waals surface area (Å²) in [5, 5.41) is 2.82. The minimum Gasteiger partial charge on any atom is -0.397 e. The average Bonchev–Trinajstić information content (AvgIpc) is 2.40. The largest absolute Gasteiger partial charge is 0.397 e. The third kappa shape index (κ3) is 2.63. The van der Waals surface area contributed by atoms with Crippen LogP contribution in [0.3, 0.4) is 0 Å². The lowest BCUT2D eigenvalue weighted by Crippen LogP contribution is -2.39. The van der Waals surface area contributed by atoms with Gasteiger partial charge in [0, 0.05) is 0 Å². The van der Waals surface area contributed by atoms with Crippen LogP contribution in [-0.2, 0) is 14.3 Å². The van der Waals surface area contributed by atoms with Gasteiger partial charge in [-0.05, 0) is 31.0 Å². The Morgan fingerprint density at radius 2 is 2.17 bits per heavy atom. The van der Waals surface area contributed by atoms with E-state index < -0.39 is 6.10 Å². The first-order valence-electron chi connectivity index (χ1n) is 5.95. The van der Waals surface area contributed by atoms with Gasteiger partial charge in [0.15, 0.2) is 6.10 Å². The number of nitrogen functional groups attached to an aromatic ring is 1. The van der Waals surface area contributed by atoms with E-state index in [2.05, 4.69) is 5.32 Å². The number of hydrogen-bond donors (Lipinski definition) is 2. The number of nitrogens with one attached hydrogen (secondary N) is 1. The van der Waals surface area contributed by atoms with Crippen LogP contribution in [0.15, 0.2) is 12.1 Å². The van der Waals surface area contributed by atoms with Gasteiger partial charge in [-0.2, -0.15) is 0 Å². The highest BCUT2D eigenvalue weighted by atomic mass is 16.6. The van der Waals surface area contributed by atoms with Gasteiger partial charge in [0.25, 0.3) is 5.91 Å². The van der Waals surface area contributed by atoms with Crippen LogP contribution in [0.5, 0.6) is 0 Å². The van der Waals surface area contributed by atoms with Crippen LogP contribution >= 0.6 is 0 Å². The van der Waals surface area contributed by atoms with Gasteiger partial charge in [-0.15, -0.1) is 0 Å². The fourth-order valence-electron chi connectivity index (χ4n) is 1.85. The molecule has 98 valence electrons. The van der Waals surface area contributed by atoms with E-state index in [1.165, 1.54) is 0 Å².